The normalized spacial score (nSPS) is 11.6. The molecule has 1 N–H and O–H groups in total. The molecule has 0 atom stereocenters. The van der Waals surface area contributed by atoms with E-state index in [1.807, 2.05) is 6.07 Å². The largest absolute Gasteiger partial charge is 0.370 e. The van der Waals surface area contributed by atoms with Gasteiger partial charge in [-0.3, -0.25) is 4.90 Å². The van der Waals surface area contributed by atoms with Crippen molar-refractivity contribution < 1.29 is 0 Å². The molecule has 0 fully saturated rings. The fourth-order valence-corrected chi connectivity index (χ4v) is 2.24. The van der Waals surface area contributed by atoms with Crippen molar-refractivity contribution in [3.8, 4) is 0 Å². The van der Waals surface area contributed by atoms with Crippen molar-refractivity contribution in [1.82, 2.24) is 14.8 Å². The van der Waals surface area contributed by atoms with E-state index in [0.717, 1.165) is 50.7 Å². The number of rotatable bonds is 10. The van der Waals surface area contributed by atoms with E-state index in [4.69, 9.17) is 4.98 Å². The smallest absolute Gasteiger partial charge is 0.126 e. The van der Waals surface area contributed by atoms with Gasteiger partial charge in [0.2, 0.25) is 0 Å². The van der Waals surface area contributed by atoms with Gasteiger partial charge in [0.05, 0.1) is 5.69 Å². The molecule has 1 rings (SSSR count). The Labute approximate surface area is 130 Å². The molecule has 0 aromatic carbocycles. The van der Waals surface area contributed by atoms with E-state index >= 15 is 0 Å². The maximum atomic E-state index is 4.72. The van der Waals surface area contributed by atoms with Gasteiger partial charge >= 0.3 is 0 Å². The lowest BCUT2D eigenvalue weighted by Gasteiger charge is -2.25. The van der Waals surface area contributed by atoms with Crippen LogP contribution in [0, 0.1) is 5.92 Å². The monoisotopic (exact) mass is 292 g/mol. The fraction of sp³-hybridized carbons (Fsp3) is 0.706. The standard InChI is InChI=1S/C17H32N4/c1-6-10-18-17-9-7-8-16(19-17)14-21(13-15(2)3)12-11-20(4)5/h7-9,15H,6,10-14H2,1-5H3,(H,18,19). The van der Waals surface area contributed by atoms with Crippen molar-refractivity contribution in [1.29, 1.82) is 0 Å². The van der Waals surface area contributed by atoms with Crippen LogP contribution < -0.4 is 5.32 Å². The number of nitrogens with one attached hydrogen (secondary N) is 1. The molecule has 1 aromatic heterocycles. The summed E-state index contributed by atoms with van der Waals surface area (Å²) in [7, 11) is 4.25. The first-order valence-electron chi connectivity index (χ1n) is 8.08. The highest BCUT2D eigenvalue weighted by molar-refractivity contribution is 5.35. The fourth-order valence-electron chi connectivity index (χ4n) is 2.24. The summed E-state index contributed by atoms with van der Waals surface area (Å²) >= 11 is 0. The molecule has 4 nitrogen and oxygen atoms in total. The Bertz CT molecular complexity index is 390. The predicted octanol–water partition coefficient (Wildman–Crippen LogP) is 2.92. The van der Waals surface area contributed by atoms with Crippen molar-refractivity contribution in [2.45, 2.75) is 33.7 Å². The third-order valence-electron chi connectivity index (χ3n) is 3.24. The van der Waals surface area contributed by atoms with E-state index in [1.165, 1.54) is 0 Å². The summed E-state index contributed by atoms with van der Waals surface area (Å²) < 4.78 is 0. The number of hydrogen-bond donors (Lipinski definition) is 1. The van der Waals surface area contributed by atoms with Crippen LogP contribution in [0.4, 0.5) is 5.82 Å². The first-order chi connectivity index (χ1) is 10.0. The summed E-state index contributed by atoms with van der Waals surface area (Å²) in [5, 5.41) is 3.36. The second-order valence-electron chi connectivity index (χ2n) is 6.37. The van der Waals surface area contributed by atoms with Gasteiger partial charge in [-0.25, -0.2) is 4.98 Å². The summed E-state index contributed by atoms with van der Waals surface area (Å²) in [5.41, 5.74) is 1.15. The number of aromatic nitrogens is 1. The third-order valence-corrected chi connectivity index (χ3v) is 3.24. The van der Waals surface area contributed by atoms with E-state index < -0.39 is 0 Å². The van der Waals surface area contributed by atoms with Gasteiger partial charge in [0.1, 0.15) is 5.82 Å². The Morgan fingerprint density at radius 1 is 1.19 bits per heavy atom. The third kappa shape index (κ3) is 8.02. The van der Waals surface area contributed by atoms with E-state index in [0.29, 0.717) is 5.92 Å². The number of anilines is 1. The average molecular weight is 292 g/mol. The minimum absolute atomic E-state index is 0.675. The lowest BCUT2D eigenvalue weighted by molar-refractivity contribution is 0.210. The zero-order valence-corrected chi connectivity index (χ0v) is 14.4. The van der Waals surface area contributed by atoms with Crippen LogP contribution in [0.1, 0.15) is 32.9 Å². The van der Waals surface area contributed by atoms with Crippen LogP contribution in [0.5, 0.6) is 0 Å². The maximum Gasteiger partial charge on any atom is 0.126 e. The molecule has 0 bridgehead atoms. The SMILES string of the molecule is CCCNc1cccc(CN(CCN(C)C)CC(C)C)n1. The lowest BCUT2D eigenvalue weighted by Crippen LogP contribution is -2.34. The molecule has 0 amide bonds. The second kappa shape index (κ2) is 9.74. The molecule has 0 aliphatic carbocycles. The van der Waals surface area contributed by atoms with Crippen molar-refractivity contribution in [3.63, 3.8) is 0 Å². The molecule has 120 valence electrons. The van der Waals surface area contributed by atoms with Gasteiger partial charge in [0.25, 0.3) is 0 Å². The molecule has 0 spiro atoms. The van der Waals surface area contributed by atoms with Gasteiger partial charge in [0.15, 0.2) is 0 Å². The highest BCUT2D eigenvalue weighted by Crippen LogP contribution is 2.09. The van der Waals surface area contributed by atoms with Crippen LogP contribution in [0.2, 0.25) is 0 Å². The highest BCUT2D eigenvalue weighted by atomic mass is 15.2. The quantitative estimate of drug-likeness (QED) is 0.718. The summed E-state index contributed by atoms with van der Waals surface area (Å²) in [6.07, 6.45) is 1.12. The highest BCUT2D eigenvalue weighted by Gasteiger charge is 2.10. The zero-order chi connectivity index (χ0) is 15.7. The average Bonchev–Trinajstić information content (AvgIpc) is 2.42. The summed E-state index contributed by atoms with van der Waals surface area (Å²) in [6.45, 7) is 11.9. The number of likely N-dealkylation sites (N-methyl/N-ethyl adjacent to an activating group) is 1. The number of pyridine rings is 1. The first-order valence-corrected chi connectivity index (χ1v) is 8.08. The molecule has 4 heteroatoms. The molecule has 21 heavy (non-hydrogen) atoms. The van der Waals surface area contributed by atoms with E-state index in [-0.39, 0.29) is 0 Å². The van der Waals surface area contributed by atoms with Gasteiger partial charge in [-0.05, 0) is 38.6 Å². The molecule has 0 aliphatic heterocycles. The van der Waals surface area contributed by atoms with Gasteiger partial charge in [-0.1, -0.05) is 26.8 Å². The van der Waals surface area contributed by atoms with Crippen LogP contribution >= 0.6 is 0 Å². The lowest BCUT2D eigenvalue weighted by atomic mass is 10.2. The van der Waals surface area contributed by atoms with Crippen LogP contribution in [0.15, 0.2) is 18.2 Å². The predicted molar refractivity (Wildman–Crippen MR) is 91.7 cm³/mol. The van der Waals surface area contributed by atoms with Crippen molar-refractivity contribution in [2.75, 3.05) is 45.6 Å². The van der Waals surface area contributed by atoms with E-state index in [1.54, 1.807) is 0 Å². The molecule has 1 aromatic rings. The van der Waals surface area contributed by atoms with Crippen molar-refractivity contribution in [3.05, 3.63) is 23.9 Å². The number of hydrogen-bond acceptors (Lipinski definition) is 4. The Morgan fingerprint density at radius 3 is 2.57 bits per heavy atom. The summed E-state index contributed by atoms with van der Waals surface area (Å²) in [5.74, 6) is 1.67. The van der Waals surface area contributed by atoms with Gasteiger partial charge in [-0.2, -0.15) is 0 Å². The zero-order valence-electron chi connectivity index (χ0n) is 14.4. The summed E-state index contributed by atoms with van der Waals surface area (Å²) in [6, 6.07) is 6.27. The minimum atomic E-state index is 0.675. The van der Waals surface area contributed by atoms with Gasteiger partial charge < -0.3 is 10.2 Å². The molecular formula is C17H32N4. The Hall–Kier alpha value is -1.13. The Balaban J connectivity index is 2.63. The molecule has 1 heterocycles. The van der Waals surface area contributed by atoms with Crippen molar-refractivity contribution in [2.24, 2.45) is 5.92 Å². The summed E-state index contributed by atoms with van der Waals surface area (Å²) in [4.78, 5) is 9.45. The molecule has 0 aliphatic rings. The van der Waals surface area contributed by atoms with Crippen LogP contribution in [0.3, 0.4) is 0 Å². The first kappa shape index (κ1) is 17.9. The van der Waals surface area contributed by atoms with Gasteiger partial charge in [-0.15, -0.1) is 0 Å². The number of nitrogens with zero attached hydrogens (tertiary/aromatic N) is 3. The second-order valence-corrected chi connectivity index (χ2v) is 6.37. The Morgan fingerprint density at radius 2 is 1.95 bits per heavy atom. The van der Waals surface area contributed by atoms with E-state index in [2.05, 4.69) is 62.1 Å². The van der Waals surface area contributed by atoms with Gasteiger partial charge in [0, 0.05) is 32.7 Å². The molecule has 0 radical (unpaired) electrons. The van der Waals surface area contributed by atoms with Crippen LogP contribution in [-0.2, 0) is 6.54 Å². The molecule has 0 saturated carbocycles. The Kier molecular flexibility index (Phi) is 8.31. The molecule has 0 saturated heterocycles. The van der Waals surface area contributed by atoms with Crippen LogP contribution in [-0.4, -0.2) is 55.1 Å². The van der Waals surface area contributed by atoms with Crippen LogP contribution in [0.25, 0.3) is 0 Å². The van der Waals surface area contributed by atoms with Crippen molar-refractivity contribution >= 4 is 5.82 Å². The van der Waals surface area contributed by atoms with E-state index in [9.17, 15) is 0 Å². The molecule has 0 unspecified atom stereocenters. The maximum absolute atomic E-state index is 4.72. The molecular weight excluding hydrogens is 260 g/mol. The minimum Gasteiger partial charge on any atom is -0.370 e. The topological polar surface area (TPSA) is 31.4 Å².